The molecule has 19 heavy (non-hydrogen) atoms. The molecule has 5 heteroatoms. The van der Waals surface area contributed by atoms with Crippen LogP contribution >= 0.6 is 34.2 Å². The lowest BCUT2D eigenvalue weighted by atomic mass is 10.1. The first kappa shape index (κ1) is 14.5. The highest BCUT2D eigenvalue weighted by atomic mass is 127. The Morgan fingerprint density at radius 2 is 2.00 bits per heavy atom. The molecule has 2 rings (SSSR count). The van der Waals surface area contributed by atoms with Gasteiger partial charge in [-0.25, -0.2) is 9.97 Å². The Morgan fingerprint density at radius 1 is 1.26 bits per heavy atom. The molecule has 0 atom stereocenters. The summed E-state index contributed by atoms with van der Waals surface area (Å²) in [6, 6.07) is 7.74. The van der Waals surface area contributed by atoms with Crippen molar-refractivity contribution in [1.29, 1.82) is 0 Å². The molecule has 0 spiro atoms. The number of aromatic nitrogens is 2. The lowest BCUT2D eigenvalue weighted by Gasteiger charge is -2.09. The fourth-order valence-electron chi connectivity index (χ4n) is 1.86. The van der Waals surface area contributed by atoms with Crippen molar-refractivity contribution in [3.8, 4) is 0 Å². The maximum absolute atomic E-state index is 6.16. The van der Waals surface area contributed by atoms with Crippen molar-refractivity contribution in [3.63, 3.8) is 0 Å². The molecule has 0 bridgehead atoms. The van der Waals surface area contributed by atoms with Crippen LogP contribution in [0, 0.1) is 3.57 Å². The Morgan fingerprint density at radius 3 is 2.68 bits per heavy atom. The summed E-state index contributed by atoms with van der Waals surface area (Å²) in [6.07, 6.45) is 2.57. The number of halogens is 2. The molecule has 0 aliphatic carbocycles. The molecule has 0 amide bonds. The van der Waals surface area contributed by atoms with Gasteiger partial charge in [-0.3, -0.25) is 0 Å². The molecule has 0 saturated carbocycles. The monoisotopic (exact) mass is 387 g/mol. The van der Waals surface area contributed by atoms with E-state index in [1.807, 2.05) is 24.3 Å². The molecular formula is C14H15ClIN3. The van der Waals surface area contributed by atoms with Crippen molar-refractivity contribution in [2.24, 2.45) is 0 Å². The molecule has 1 heterocycles. The van der Waals surface area contributed by atoms with Gasteiger partial charge >= 0.3 is 0 Å². The van der Waals surface area contributed by atoms with Crippen LogP contribution in [0.25, 0.3) is 0 Å². The van der Waals surface area contributed by atoms with Crippen LogP contribution in [-0.4, -0.2) is 9.97 Å². The molecule has 0 aliphatic rings. The van der Waals surface area contributed by atoms with Crippen LogP contribution in [-0.2, 0) is 12.8 Å². The van der Waals surface area contributed by atoms with E-state index in [1.54, 1.807) is 0 Å². The molecule has 0 radical (unpaired) electrons. The number of benzene rings is 1. The number of anilines is 1. The average Bonchev–Trinajstić information content (AvgIpc) is 2.38. The first-order valence-corrected chi connectivity index (χ1v) is 7.61. The maximum Gasteiger partial charge on any atom is 0.140 e. The minimum Gasteiger partial charge on any atom is -0.383 e. The SMILES string of the molecule is CCCc1nc(Cc2ccccc2Cl)nc(N)c1I. The third kappa shape index (κ3) is 3.57. The lowest BCUT2D eigenvalue weighted by molar-refractivity contribution is 0.836. The van der Waals surface area contributed by atoms with Crippen LogP contribution in [0.15, 0.2) is 24.3 Å². The Labute approximate surface area is 131 Å². The predicted octanol–water partition coefficient (Wildman–Crippen LogP) is 3.86. The second-order valence-electron chi connectivity index (χ2n) is 4.30. The van der Waals surface area contributed by atoms with Gasteiger partial charge in [0.15, 0.2) is 0 Å². The molecule has 1 aromatic heterocycles. The van der Waals surface area contributed by atoms with Gasteiger partial charge < -0.3 is 5.73 Å². The van der Waals surface area contributed by atoms with Gasteiger partial charge in [-0.15, -0.1) is 0 Å². The third-order valence-corrected chi connectivity index (χ3v) is 4.33. The number of rotatable bonds is 4. The summed E-state index contributed by atoms with van der Waals surface area (Å²) in [4.78, 5) is 8.95. The average molecular weight is 388 g/mol. The molecule has 0 unspecified atom stereocenters. The predicted molar refractivity (Wildman–Crippen MR) is 87.4 cm³/mol. The highest BCUT2D eigenvalue weighted by molar-refractivity contribution is 14.1. The van der Waals surface area contributed by atoms with Gasteiger partial charge in [0.1, 0.15) is 11.6 Å². The maximum atomic E-state index is 6.16. The Hall–Kier alpha value is -0.880. The van der Waals surface area contributed by atoms with E-state index in [0.29, 0.717) is 12.2 Å². The smallest absolute Gasteiger partial charge is 0.140 e. The van der Waals surface area contributed by atoms with Gasteiger partial charge in [-0.2, -0.15) is 0 Å². The van der Waals surface area contributed by atoms with E-state index in [9.17, 15) is 0 Å². The summed E-state index contributed by atoms with van der Waals surface area (Å²) < 4.78 is 0.961. The molecule has 3 nitrogen and oxygen atoms in total. The zero-order valence-electron chi connectivity index (χ0n) is 10.7. The number of nitrogens with zero attached hydrogens (tertiary/aromatic N) is 2. The van der Waals surface area contributed by atoms with Crippen LogP contribution in [0.1, 0.15) is 30.4 Å². The second-order valence-corrected chi connectivity index (χ2v) is 5.79. The van der Waals surface area contributed by atoms with E-state index in [4.69, 9.17) is 17.3 Å². The summed E-state index contributed by atoms with van der Waals surface area (Å²) in [6.45, 7) is 2.13. The van der Waals surface area contributed by atoms with Crippen LogP contribution < -0.4 is 5.73 Å². The Balaban J connectivity index is 2.33. The number of nitrogens with two attached hydrogens (primary N) is 1. The van der Waals surface area contributed by atoms with Gasteiger partial charge in [-0.1, -0.05) is 43.1 Å². The van der Waals surface area contributed by atoms with Gasteiger partial charge in [0.25, 0.3) is 0 Å². The van der Waals surface area contributed by atoms with Crippen molar-refractivity contribution in [3.05, 3.63) is 49.9 Å². The van der Waals surface area contributed by atoms with Crippen molar-refractivity contribution in [1.82, 2.24) is 9.97 Å². The van der Waals surface area contributed by atoms with Crippen LogP contribution in [0.4, 0.5) is 5.82 Å². The standard InChI is InChI=1S/C14H15ClIN3/c1-2-5-11-13(16)14(17)19-12(18-11)8-9-6-3-4-7-10(9)15/h3-4,6-7H,2,5,8H2,1H3,(H2,17,18,19). The first-order chi connectivity index (χ1) is 9.11. The van der Waals surface area contributed by atoms with E-state index in [0.717, 1.165) is 38.5 Å². The first-order valence-electron chi connectivity index (χ1n) is 6.16. The summed E-state index contributed by atoms with van der Waals surface area (Å²) >= 11 is 8.36. The minimum atomic E-state index is 0.557. The zero-order chi connectivity index (χ0) is 13.8. The zero-order valence-corrected chi connectivity index (χ0v) is 13.6. The summed E-state index contributed by atoms with van der Waals surface area (Å²) in [5.41, 5.74) is 8.00. The van der Waals surface area contributed by atoms with Crippen LogP contribution in [0.2, 0.25) is 5.02 Å². The highest BCUT2D eigenvalue weighted by Gasteiger charge is 2.11. The Bertz CT molecular complexity index is 587. The number of hydrogen-bond donors (Lipinski definition) is 1. The van der Waals surface area contributed by atoms with Gasteiger partial charge in [0, 0.05) is 11.4 Å². The topological polar surface area (TPSA) is 51.8 Å². The van der Waals surface area contributed by atoms with Crippen LogP contribution in [0.5, 0.6) is 0 Å². The normalized spacial score (nSPS) is 10.7. The molecular weight excluding hydrogens is 373 g/mol. The van der Waals surface area contributed by atoms with Crippen molar-refractivity contribution >= 4 is 40.0 Å². The number of aryl methyl sites for hydroxylation is 1. The van der Waals surface area contributed by atoms with E-state index in [1.165, 1.54) is 0 Å². The summed E-state index contributed by atoms with van der Waals surface area (Å²) in [5, 5.41) is 0.736. The second kappa shape index (κ2) is 6.52. The Kier molecular flexibility index (Phi) is 4.99. The van der Waals surface area contributed by atoms with Gasteiger partial charge in [0.05, 0.1) is 9.26 Å². The third-order valence-electron chi connectivity index (χ3n) is 2.78. The number of hydrogen-bond acceptors (Lipinski definition) is 3. The molecule has 1 aromatic carbocycles. The summed E-state index contributed by atoms with van der Waals surface area (Å²) in [7, 11) is 0. The molecule has 0 saturated heterocycles. The molecule has 0 aliphatic heterocycles. The lowest BCUT2D eigenvalue weighted by Crippen LogP contribution is -2.08. The van der Waals surface area contributed by atoms with Gasteiger partial charge in [0.2, 0.25) is 0 Å². The fraction of sp³-hybridized carbons (Fsp3) is 0.286. The number of nitrogen functional groups attached to an aromatic ring is 1. The molecule has 2 aromatic rings. The van der Waals surface area contributed by atoms with Gasteiger partial charge in [-0.05, 0) is 40.6 Å². The van der Waals surface area contributed by atoms with E-state index < -0.39 is 0 Å². The highest BCUT2D eigenvalue weighted by Crippen LogP contribution is 2.21. The van der Waals surface area contributed by atoms with Crippen molar-refractivity contribution in [2.75, 3.05) is 5.73 Å². The van der Waals surface area contributed by atoms with Crippen molar-refractivity contribution < 1.29 is 0 Å². The van der Waals surface area contributed by atoms with Crippen molar-refractivity contribution in [2.45, 2.75) is 26.2 Å². The van der Waals surface area contributed by atoms with E-state index in [-0.39, 0.29) is 0 Å². The van der Waals surface area contributed by atoms with E-state index >= 15 is 0 Å². The fourth-order valence-corrected chi connectivity index (χ4v) is 2.57. The molecule has 100 valence electrons. The molecule has 0 fully saturated rings. The quantitative estimate of drug-likeness (QED) is 0.811. The summed E-state index contributed by atoms with van der Waals surface area (Å²) in [5.74, 6) is 1.29. The largest absolute Gasteiger partial charge is 0.383 e. The van der Waals surface area contributed by atoms with E-state index in [2.05, 4.69) is 39.5 Å². The van der Waals surface area contributed by atoms with Crippen LogP contribution in [0.3, 0.4) is 0 Å². The minimum absolute atomic E-state index is 0.557. The molecule has 2 N–H and O–H groups in total.